The molecule has 0 aromatic heterocycles. The van der Waals surface area contributed by atoms with Gasteiger partial charge in [-0.25, -0.2) is 0 Å². The highest BCUT2D eigenvalue weighted by molar-refractivity contribution is 5.77. The highest BCUT2D eigenvalue weighted by Gasteiger charge is 2.14. The highest BCUT2D eigenvalue weighted by Crippen LogP contribution is 2.34. The lowest BCUT2D eigenvalue weighted by atomic mass is 10.1. The van der Waals surface area contributed by atoms with Gasteiger partial charge in [-0.05, 0) is 30.2 Å². The van der Waals surface area contributed by atoms with Gasteiger partial charge in [0.2, 0.25) is 6.79 Å². The van der Waals surface area contributed by atoms with Gasteiger partial charge < -0.3 is 19.5 Å². The number of nitrogens with one attached hydrogen (secondary N) is 1. The average molecular weight is 299 g/mol. The van der Waals surface area contributed by atoms with Crippen LogP contribution in [0, 0.1) is 6.92 Å². The van der Waals surface area contributed by atoms with E-state index >= 15 is 0 Å². The van der Waals surface area contributed by atoms with Crippen LogP contribution in [0.1, 0.15) is 11.1 Å². The molecule has 0 atom stereocenters. The van der Waals surface area contributed by atoms with Crippen LogP contribution in [0.15, 0.2) is 42.5 Å². The van der Waals surface area contributed by atoms with Crippen molar-refractivity contribution in [2.45, 2.75) is 13.5 Å². The third kappa shape index (κ3) is 3.31. The van der Waals surface area contributed by atoms with Crippen molar-refractivity contribution in [2.75, 3.05) is 13.4 Å². The number of carbonyl (C=O) groups is 1. The van der Waals surface area contributed by atoms with Gasteiger partial charge in [-0.15, -0.1) is 0 Å². The quantitative estimate of drug-likeness (QED) is 0.921. The Morgan fingerprint density at radius 1 is 1.18 bits per heavy atom. The fourth-order valence-electron chi connectivity index (χ4n) is 2.17. The second-order valence-corrected chi connectivity index (χ2v) is 5.01. The molecule has 2 aromatic carbocycles. The Labute approximate surface area is 128 Å². The van der Waals surface area contributed by atoms with Crippen LogP contribution in [0.4, 0.5) is 0 Å². The van der Waals surface area contributed by atoms with Crippen LogP contribution in [0.2, 0.25) is 0 Å². The van der Waals surface area contributed by atoms with Gasteiger partial charge in [0.1, 0.15) is 5.75 Å². The van der Waals surface area contributed by atoms with Gasteiger partial charge in [-0.3, -0.25) is 4.79 Å². The van der Waals surface area contributed by atoms with Crippen molar-refractivity contribution in [3.8, 4) is 17.2 Å². The minimum atomic E-state index is -0.166. The average Bonchev–Trinajstić information content (AvgIpc) is 2.99. The summed E-state index contributed by atoms with van der Waals surface area (Å²) in [6, 6.07) is 13.2. The van der Waals surface area contributed by atoms with E-state index in [4.69, 9.17) is 14.2 Å². The first-order valence-corrected chi connectivity index (χ1v) is 7.06. The predicted octanol–water partition coefficient (Wildman–Crippen LogP) is 2.42. The van der Waals surface area contributed by atoms with E-state index in [1.165, 1.54) is 0 Å². The molecule has 0 aliphatic carbocycles. The van der Waals surface area contributed by atoms with E-state index in [-0.39, 0.29) is 19.3 Å². The van der Waals surface area contributed by atoms with E-state index in [0.717, 1.165) is 11.1 Å². The van der Waals surface area contributed by atoms with Gasteiger partial charge in [0.05, 0.1) is 0 Å². The molecule has 0 unspecified atom stereocenters. The summed E-state index contributed by atoms with van der Waals surface area (Å²) in [7, 11) is 0. The first-order chi connectivity index (χ1) is 10.7. The van der Waals surface area contributed by atoms with Crippen molar-refractivity contribution < 1.29 is 19.0 Å². The summed E-state index contributed by atoms with van der Waals surface area (Å²) in [5.41, 5.74) is 2.25. The molecule has 1 amide bonds. The van der Waals surface area contributed by atoms with Gasteiger partial charge in [-0.2, -0.15) is 0 Å². The number of ether oxygens (including phenoxy) is 3. The number of hydrogen-bond donors (Lipinski definition) is 1. The topological polar surface area (TPSA) is 56.8 Å². The largest absolute Gasteiger partial charge is 0.484 e. The molecule has 0 fully saturated rings. The molecule has 1 aliphatic heterocycles. The zero-order valence-corrected chi connectivity index (χ0v) is 12.3. The molecule has 0 radical (unpaired) electrons. The molecule has 5 nitrogen and oxygen atoms in total. The predicted molar refractivity (Wildman–Crippen MR) is 81.1 cm³/mol. The lowest BCUT2D eigenvalue weighted by Gasteiger charge is -2.09. The molecule has 114 valence electrons. The monoisotopic (exact) mass is 299 g/mol. The van der Waals surface area contributed by atoms with Crippen LogP contribution >= 0.6 is 0 Å². The molecule has 1 heterocycles. The lowest BCUT2D eigenvalue weighted by Crippen LogP contribution is -2.28. The third-order valence-corrected chi connectivity index (χ3v) is 3.45. The molecular formula is C17H17NO4. The molecule has 5 heteroatoms. The van der Waals surface area contributed by atoms with E-state index in [1.807, 2.05) is 31.2 Å². The Morgan fingerprint density at radius 2 is 2.00 bits per heavy atom. The summed E-state index contributed by atoms with van der Waals surface area (Å²) in [5, 5.41) is 2.84. The summed E-state index contributed by atoms with van der Waals surface area (Å²) < 4.78 is 15.9. The van der Waals surface area contributed by atoms with E-state index in [0.29, 0.717) is 23.8 Å². The number of rotatable bonds is 5. The number of aryl methyl sites for hydroxylation is 1. The van der Waals surface area contributed by atoms with Gasteiger partial charge in [0, 0.05) is 12.6 Å². The minimum absolute atomic E-state index is 0.0362. The molecular weight excluding hydrogens is 282 g/mol. The molecule has 22 heavy (non-hydrogen) atoms. The van der Waals surface area contributed by atoms with Crippen LogP contribution in [-0.4, -0.2) is 19.3 Å². The van der Waals surface area contributed by atoms with Gasteiger partial charge in [-0.1, -0.05) is 24.3 Å². The summed E-state index contributed by atoms with van der Waals surface area (Å²) in [4.78, 5) is 11.8. The zero-order valence-electron chi connectivity index (χ0n) is 12.3. The normalized spacial score (nSPS) is 12.0. The maximum atomic E-state index is 11.8. The fourth-order valence-corrected chi connectivity index (χ4v) is 2.17. The van der Waals surface area contributed by atoms with E-state index in [2.05, 4.69) is 5.32 Å². The SMILES string of the molecule is Cc1ccccc1CNC(=O)COc1ccc2c(c1)OCO2. The van der Waals surface area contributed by atoms with Gasteiger partial charge in [0.15, 0.2) is 18.1 Å². The number of benzene rings is 2. The number of carbonyl (C=O) groups excluding carboxylic acids is 1. The van der Waals surface area contributed by atoms with Crippen LogP contribution < -0.4 is 19.5 Å². The molecule has 0 saturated heterocycles. The molecule has 1 aliphatic rings. The second kappa shape index (κ2) is 6.39. The second-order valence-electron chi connectivity index (χ2n) is 5.01. The molecule has 3 rings (SSSR count). The molecule has 0 spiro atoms. The first-order valence-electron chi connectivity index (χ1n) is 7.06. The third-order valence-electron chi connectivity index (χ3n) is 3.45. The molecule has 2 aromatic rings. The summed E-state index contributed by atoms with van der Waals surface area (Å²) in [6.07, 6.45) is 0. The van der Waals surface area contributed by atoms with Crippen molar-refractivity contribution in [3.63, 3.8) is 0 Å². The number of amides is 1. The van der Waals surface area contributed by atoms with Crippen molar-refractivity contribution in [3.05, 3.63) is 53.6 Å². The lowest BCUT2D eigenvalue weighted by molar-refractivity contribution is -0.123. The van der Waals surface area contributed by atoms with Crippen molar-refractivity contribution >= 4 is 5.91 Å². The molecule has 1 N–H and O–H groups in total. The Morgan fingerprint density at radius 3 is 2.86 bits per heavy atom. The van der Waals surface area contributed by atoms with E-state index < -0.39 is 0 Å². The van der Waals surface area contributed by atoms with Crippen LogP contribution in [0.5, 0.6) is 17.2 Å². The first kappa shape index (κ1) is 14.3. The Bertz CT molecular complexity index is 684. The Kier molecular flexibility index (Phi) is 4.14. The zero-order chi connectivity index (χ0) is 15.4. The fraction of sp³-hybridized carbons (Fsp3) is 0.235. The smallest absolute Gasteiger partial charge is 0.258 e. The molecule has 0 saturated carbocycles. The maximum Gasteiger partial charge on any atom is 0.258 e. The number of fused-ring (bicyclic) bond motifs is 1. The standard InChI is InChI=1S/C17H17NO4/c1-12-4-2-3-5-13(12)9-18-17(19)10-20-14-6-7-15-16(8-14)22-11-21-15/h2-8H,9-11H2,1H3,(H,18,19). The van der Waals surface area contributed by atoms with E-state index in [9.17, 15) is 4.79 Å². The van der Waals surface area contributed by atoms with Crippen LogP contribution in [0.25, 0.3) is 0 Å². The summed E-state index contributed by atoms with van der Waals surface area (Å²) in [5.74, 6) is 1.74. The Balaban J connectivity index is 1.49. The molecule has 0 bridgehead atoms. The summed E-state index contributed by atoms with van der Waals surface area (Å²) in [6.45, 7) is 2.70. The minimum Gasteiger partial charge on any atom is -0.484 e. The van der Waals surface area contributed by atoms with Gasteiger partial charge in [0.25, 0.3) is 5.91 Å². The van der Waals surface area contributed by atoms with Crippen molar-refractivity contribution in [1.29, 1.82) is 0 Å². The Hall–Kier alpha value is -2.69. The highest BCUT2D eigenvalue weighted by atomic mass is 16.7. The van der Waals surface area contributed by atoms with Crippen molar-refractivity contribution in [2.24, 2.45) is 0 Å². The van der Waals surface area contributed by atoms with Crippen molar-refractivity contribution in [1.82, 2.24) is 5.32 Å². The van der Waals surface area contributed by atoms with E-state index in [1.54, 1.807) is 18.2 Å². The van der Waals surface area contributed by atoms with Crippen LogP contribution in [0.3, 0.4) is 0 Å². The number of hydrogen-bond acceptors (Lipinski definition) is 4. The maximum absolute atomic E-state index is 11.8. The summed E-state index contributed by atoms with van der Waals surface area (Å²) >= 11 is 0. The van der Waals surface area contributed by atoms with Gasteiger partial charge >= 0.3 is 0 Å². The van der Waals surface area contributed by atoms with Crippen LogP contribution in [-0.2, 0) is 11.3 Å².